The molecule has 0 aliphatic carbocycles. The predicted molar refractivity (Wildman–Crippen MR) is 65.2 cm³/mol. The van der Waals surface area contributed by atoms with Gasteiger partial charge in [-0.25, -0.2) is 0 Å². The van der Waals surface area contributed by atoms with E-state index in [1.54, 1.807) is 7.11 Å². The first kappa shape index (κ1) is 11.8. The van der Waals surface area contributed by atoms with Gasteiger partial charge in [0.05, 0.1) is 7.11 Å². The fraction of sp³-hybridized carbons (Fsp3) is 0.462. The third kappa shape index (κ3) is 3.08. The number of hydrogen-bond donors (Lipinski definition) is 0. The molecule has 0 N–H and O–H groups in total. The van der Waals surface area contributed by atoms with Crippen LogP contribution >= 0.6 is 0 Å². The van der Waals surface area contributed by atoms with E-state index in [0.717, 1.165) is 18.7 Å². The van der Waals surface area contributed by atoms with Gasteiger partial charge in [-0.1, -0.05) is 12.1 Å². The van der Waals surface area contributed by atoms with E-state index in [2.05, 4.69) is 31.0 Å². The van der Waals surface area contributed by atoms with E-state index >= 15 is 0 Å². The number of ether oxygens (including phenoxy) is 1. The van der Waals surface area contributed by atoms with Crippen molar-refractivity contribution in [3.8, 4) is 5.75 Å². The molecule has 0 amide bonds. The van der Waals surface area contributed by atoms with E-state index < -0.39 is 0 Å². The lowest BCUT2D eigenvalue weighted by Crippen LogP contribution is -1.95. The van der Waals surface area contributed by atoms with Crippen molar-refractivity contribution in [3.05, 3.63) is 28.8 Å². The lowest BCUT2D eigenvalue weighted by molar-refractivity contribution is 0.408. The molecule has 1 aromatic rings. The molecule has 0 aliphatic heterocycles. The zero-order valence-corrected chi connectivity index (χ0v) is 10.0. The molecule has 0 saturated carbocycles. The molecule has 0 aromatic heterocycles. The largest absolute Gasteiger partial charge is 0.496 e. The number of rotatable bonds is 4. The lowest BCUT2D eigenvalue weighted by Gasteiger charge is -2.10. The average Bonchev–Trinajstić information content (AvgIpc) is 2.18. The molecule has 2 nitrogen and oxygen atoms in total. The summed E-state index contributed by atoms with van der Waals surface area (Å²) in [6.07, 6.45) is 2.88. The molecular weight excluding hydrogens is 186 g/mol. The third-order valence-electron chi connectivity index (χ3n) is 2.36. The molecule has 82 valence electrons. The standard InChI is InChI=1S/C13H19NO/c1-5-14-7-6-12-8-10(2)13(15-4)11(3)9-12/h7-9H,5-6H2,1-4H3. The number of hydrogen-bond acceptors (Lipinski definition) is 2. The Balaban J connectivity index is 2.88. The van der Waals surface area contributed by atoms with Gasteiger partial charge in [-0.2, -0.15) is 0 Å². The zero-order valence-electron chi connectivity index (χ0n) is 10.0. The Morgan fingerprint density at radius 1 is 1.27 bits per heavy atom. The van der Waals surface area contributed by atoms with Gasteiger partial charge in [0, 0.05) is 19.2 Å². The van der Waals surface area contributed by atoms with Crippen molar-refractivity contribution in [1.29, 1.82) is 0 Å². The molecule has 0 unspecified atom stereocenters. The summed E-state index contributed by atoms with van der Waals surface area (Å²) in [6.45, 7) is 7.05. The minimum absolute atomic E-state index is 0.855. The molecule has 0 atom stereocenters. The van der Waals surface area contributed by atoms with Crippen molar-refractivity contribution < 1.29 is 4.74 Å². The van der Waals surface area contributed by atoms with Gasteiger partial charge in [0.2, 0.25) is 0 Å². The second-order valence-electron chi connectivity index (χ2n) is 3.65. The predicted octanol–water partition coefficient (Wildman–Crippen LogP) is 2.95. The van der Waals surface area contributed by atoms with Crippen molar-refractivity contribution in [3.63, 3.8) is 0 Å². The van der Waals surface area contributed by atoms with E-state index in [9.17, 15) is 0 Å². The summed E-state index contributed by atoms with van der Waals surface area (Å²) in [6, 6.07) is 4.32. The molecule has 0 heterocycles. The summed E-state index contributed by atoms with van der Waals surface area (Å²) in [7, 11) is 1.72. The average molecular weight is 205 g/mol. The summed E-state index contributed by atoms with van der Waals surface area (Å²) < 4.78 is 5.32. The third-order valence-corrected chi connectivity index (χ3v) is 2.36. The number of benzene rings is 1. The van der Waals surface area contributed by atoms with Gasteiger partial charge >= 0.3 is 0 Å². The van der Waals surface area contributed by atoms with E-state index in [-0.39, 0.29) is 0 Å². The second kappa shape index (κ2) is 5.54. The summed E-state index contributed by atoms with van der Waals surface area (Å²) in [5, 5.41) is 0. The Labute approximate surface area is 92.0 Å². The number of aryl methyl sites for hydroxylation is 2. The van der Waals surface area contributed by atoms with Crippen molar-refractivity contribution in [1.82, 2.24) is 0 Å². The van der Waals surface area contributed by atoms with E-state index in [1.165, 1.54) is 16.7 Å². The van der Waals surface area contributed by atoms with Gasteiger partial charge in [-0.3, -0.25) is 4.99 Å². The summed E-state index contributed by atoms with van der Waals surface area (Å²) in [5.74, 6) is 0.992. The number of aliphatic imine (C=N–C) groups is 1. The molecule has 0 spiro atoms. The van der Waals surface area contributed by atoms with Gasteiger partial charge in [0.1, 0.15) is 5.75 Å². The van der Waals surface area contributed by atoms with Crippen LogP contribution < -0.4 is 4.74 Å². The van der Waals surface area contributed by atoms with Crippen LogP contribution in [0.2, 0.25) is 0 Å². The molecule has 0 radical (unpaired) electrons. The first-order chi connectivity index (χ1) is 7.19. The Morgan fingerprint density at radius 3 is 2.33 bits per heavy atom. The van der Waals surface area contributed by atoms with Crippen LogP contribution in [0.15, 0.2) is 17.1 Å². The highest BCUT2D eigenvalue weighted by Gasteiger charge is 2.03. The highest BCUT2D eigenvalue weighted by Crippen LogP contribution is 2.24. The lowest BCUT2D eigenvalue weighted by atomic mass is 10.0. The summed E-state index contributed by atoms with van der Waals surface area (Å²) >= 11 is 0. The highest BCUT2D eigenvalue weighted by molar-refractivity contribution is 5.62. The molecule has 15 heavy (non-hydrogen) atoms. The quantitative estimate of drug-likeness (QED) is 0.692. The molecular formula is C13H19NO. The fourth-order valence-electron chi connectivity index (χ4n) is 1.78. The van der Waals surface area contributed by atoms with Gasteiger partial charge in [0.25, 0.3) is 0 Å². The molecule has 1 aromatic carbocycles. The van der Waals surface area contributed by atoms with Crippen LogP contribution in [-0.4, -0.2) is 19.9 Å². The monoisotopic (exact) mass is 205 g/mol. The van der Waals surface area contributed by atoms with Gasteiger partial charge in [-0.15, -0.1) is 0 Å². The van der Waals surface area contributed by atoms with Crippen LogP contribution in [0.4, 0.5) is 0 Å². The van der Waals surface area contributed by atoms with Gasteiger partial charge < -0.3 is 4.74 Å². The molecule has 1 rings (SSSR count). The zero-order chi connectivity index (χ0) is 11.3. The maximum Gasteiger partial charge on any atom is 0.124 e. The topological polar surface area (TPSA) is 21.6 Å². The fourth-order valence-corrected chi connectivity index (χ4v) is 1.78. The number of methoxy groups -OCH3 is 1. The molecule has 2 heteroatoms. The van der Waals surface area contributed by atoms with E-state index in [4.69, 9.17) is 4.74 Å². The Kier molecular flexibility index (Phi) is 4.35. The van der Waals surface area contributed by atoms with Crippen LogP contribution in [0.3, 0.4) is 0 Å². The molecule has 0 bridgehead atoms. The molecule has 0 saturated heterocycles. The van der Waals surface area contributed by atoms with Crippen molar-refractivity contribution in [2.24, 2.45) is 4.99 Å². The minimum atomic E-state index is 0.855. The summed E-state index contributed by atoms with van der Waals surface area (Å²) in [4.78, 5) is 4.21. The van der Waals surface area contributed by atoms with Crippen LogP contribution in [-0.2, 0) is 6.42 Å². The minimum Gasteiger partial charge on any atom is -0.496 e. The Hall–Kier alpha value is -1.31. The van der Waals surface area contributed by atoms with Gasteiger partial charge in [0.15, 0.2) is 0 Å². The van der Waals surface area contributed by atoms with E-state index in [1.807, 2.05) is 13.1 Å². The first-order valence-corrected chi connectivity index (χ1v) is 5.31. The summed E-state index contributed by atoms with van der Waals surface area (Å²) in [5.41, 5.74) is 3.68. The maximum absolute atomic E-state index is 5.32. The Bertz CT molecular complexity index is 333. The highest BCUT2D eigenvalue weighted by atomic mass is 16.5. The maximum atomic E-state index is 5.32. The SMILES string of the molecule is CCN=CCc1cc(C)c(OC)c(C)c1. The van der Waals surface area contributed by atoms with Crippen molar-refractivity contribution in [2.45, 2.75) is 27.2 Å². The van der Waals surface area contributed by atoms with Crippen LogP contribution in [0.25, 0.3) is 0 Å². The molecule has 0 fully saturated rings. The van der Waals surface area contributed by atoms with Crippen molar-refractivity contribution in [2.75, 3.05) is 13.7 Å². The van der Waals surface area contributed by atoms with Crippen LogP contribution in [0, 0.1) is 13.8 Å². The van der Waals surface area contributed by atoms with Crippen LogP contribution in [0.5, 0.6) is 5.75 Å². The Morgan fingerprint density at radius 2 is 1.87 bits per heavy atom. The smallest absolute Gasteiger partial charge is 0.124 e. The molecule has 0 aliphatic rings. The van der Waals surface area contributed by atoms with Crippen LogP contribution in [0.1, 0.15) is 23.6 Å². The van der Waals surface area contributed by atoms with Gasteiger partial charge in [-0.05, 0) is 37.5 Å². The normalized spacial score (nSPS) is 10.9. The second-order valence-corrected chi connectivity index (χ2v) is 3.65. The number of nitrogens with zero attached hydrogens (tertiary/aromatic N) is 1. The van der Waals surface area contributed by atoms with E-state index in [0.29, 0.717) is 0 Å². The first-order valence-electron chi connectivity index (χ1n) is 5.31. The van der Waals surface area contributed by atoms with Crippen molar-refractivity contribution >= 4 is 6.21 Å².